The Morgan fingerprint density at radius 3 is 2.68 bits per heavy atom. The first-order chi connectivity index (χ1) is 10.7. The summed E-state index contributed by atoms with van der Waals surface area (Å²) >= 11 is 0. The van der Waals surface area contributed by atoms with E-state index >= 15 is 0 Å². The topological polar surface area (TPSA) is 44.3 Å². The Labute approximate surface area is 132 Å². The van der Waals surface area contributed by atoms with Crippen molar-refractivity contribution in [1.82, 2.24) is 14.9 Å². The maximum Gasteiger partial charge on any atom is 0.229 e. The predicted molar refractivity (Wildman–Crippen MR) is 90.8 cm³/mol. The van der Waals surface area contributed by atoms with Crippen LogP contribution in [-0.4, -0.2) is 47.6 Å². The molecule has 1 aromatic carbocycles. The monoisotopic (exact) mass is 297 g/mol. The van der Waals surface area contributed by atoms with Gasteiger partial charge < -0.3 is 15.1 Å². The van der Waals surface area contributed by atoms with E-state index in [2.05, 4.69) is 51.1 Å². The Hall–Kier alpha value is -2.14. The van der Waals surface area contributed by atoms with E-state index in [1.165, 1.54) is 5.56 Å². The fourth-order valence-corrected chi connectivity index (χ4v) is 2.73. The van der Waals surface area contributed by atoms with Crippen molar-refractivity contribution >= 4 is 17.5 Å². The lowest BCUT2D eigenvalue weighted by Crippen LogP contribution is -2.46. The number of anilines is 3. The van der Waals surface area contributed by atoms with Crippen molar-refractivity contribution in [1.29, 1.82) is 0 Å². The summed E-state index contributed by atoms with van der Waals surface area (Å²) in [5.74, 6) is 1.65. The summed E-state index contributed by atoms with van der Waals surface area (Å²) < 4.78 is 0. The third-order valence-corrected chi connectivity index (χ3v) is 4.06. The number of nitrogens with one attached hydrogen (secondary N) is 1. The molecule has 0 radical (unpaired) electrons. The molecule has 0 amide bonds. The lowest BCUT2D eigenvalue weighted by atomic mass is 10.2. The first-order valence-corrected chi connectivity index (χ1v) is 7.88. The average molecular weight is 297 g/mol. The van der Waals surface area contributed by atoms with Crippen LogP contribution in [0.2, 0.25) is 0 Å². The minimum atomic E-state index is 0.654. The Balaban J connectivity index is 1.70. The number of aromatic nitrogens is 2. The van der Waals surface area contributed by atoms with Gasteiger partial charge in [-0.05, 0) is 37.2 Å². The van der Waals surface area contributed by atoms with Crippen LogP contribution in [0.4, 0.5) is 17.5 Å². The first-order valence-electron chi connectivity index (χ1n) is 7.88. The Kier molecular flexibility index (Phi) is 4.53. The average Bonchev–Trinajstić information content (AvgIpc) is 2.55. The fraction of sp³-hybridized carbons (Fsp3) is 0.412. The minimum Gasteiger partial charge on any atom is -0.354 e. The van der Waals surface area contributed by atoms with Crippen LogP contribution in [0.5, 0.6) is 0 Å². The third kappa shape index (κ3) is 3.54. The van der Waals surface area contributed by atoms with E-state index in [-0.39, 0.29) is 0 Å². The summed E-state index contributed by atoms with van der Waals surface area (Å²) in [5, 5.41) is 3.28. The SMILES string of the molecule is CCN1CCN(c2ccnc(Nc3cccc(C)c3)n2)CC1. The molecule has 1 saturated heterocycles. The van der Waals surface area contributed by atoms with E-state index < -0.39 is 0 Å². The summed E-state index contributed by atoms with van der Waals surface area (Å²) in [4.78, 5) is 13.8. The maximum absolute atomic E-state index is 4.66. The number of nitrogens with zero attached hydrogens (tertiary/aromatic N) is 4. The molecule has 5 nitrogen and oxygen atoms in total. The van der Waals surface area contributed by atoms with Crippen LogP contribution in [0.3, 0.4) is 0 Å². The Morgan fingerprint density at radius 1 is 1.14 bits per heavy atom. The van der Waals surface area contributed by atoms with E-state index in [1.807, 2.05) is 24.4 Å². The van der Waals surface area contributed by atoms with Crippen molar-refractivity contribution in [2.45, 2.75) is 13.8 Å². The molecule has 0 spiro atoms. The quantitative estimate of drug-likeness (QED) is 0.940. The van der Waals surface area contributed by atoms with Crippen molar-refractivity contribution in [3.63, 3.8) is 0 Å². The molecule has 0 bridgehead atoms. The molecule has 0 atom stereocenters. The zero-order valence-electron chi connectivity index (χ0n) is 13.3. The Bertz CT molecular complexity index is 620. The highest BCUT2D eigenvalue weighted by atomic mass is 15.3. The number of benzene rings is 1. The summed E-state index contributed by atoms with van der Waals surface area (Å²) in [6.45, 7) is 9.66. The van der Waals surface area contributed by atoms with Gasteiger partial charge in [0.1, 0.15) is 5.82 Å². The second-order valence-corrected chi connectivity index (χ2v) is 5.65. The van der Waals surface area contributed by atoms with Crippen LogP contribution in [0.25, 0.3) is 0 Å². The molecule has 0 saturated carbocycles. The molecule has 1 aliphatic heterocycles. The standard InChI is InChI=1S/C17H23N5/c1-3-21-9-11-22(12-10-21)16-7-8-18-17(20-16)19-15-6-4-5-14(2)13-15/h4-8,13H,3,9-12H2,1-2H3,(H,18,19,20). The van der Waals surface area contributed by atoms with E-state index in [4.69, 9.17) is 0 Å². The predicted octanol–water partition coefficient (Wildman–Crippen LogP) is 2.67. The third-order valence-electron chi connectivity index (χ3n) is 4.06. The van der Waals surface area contributed by atoms with Gasteiger partial charge in [-0.2, -0.15) is 4.98 Å². The number of hydrogen-bond donors (Lipinski definition) is 1. The molecule has 2 aromatic rings. The van der Waals surface area contributed by atoms with Crippen LogP contribution in [-0.2, 0) is 0 Å². The summed E-state index contributed by atoms with van der Waals surface area (Å²) in [6.07, 6.45) is 1.83. The zero-order chi connectivity index (χ0) is 15.4. The van der Waals surface area contributed by atoms with Gasteiger partial charge in [0.2, 0.25) is 5.95 Å². The van der Waals surface area contributed by atoms with Crippen molar-refractivity contribution in [3.05, 3.63) is 42.1 Å². The van der Waals surface area contributed by atoms with Crippen molar-refractivity contribution < 1.29 is 0 Å². The number of rotatable bonds is 4. The molecule has 1 fully saturated rings. The number of piperazine rings is 1. The molecule has 3 rings (SSSR count). The second-order valence-electron chi connectivity index (χ2n) is 5.65. The van der Waals surface area contributed by atoms with Crippen LogP contribution in [0, 0.1) is 6.92 Å². The molecular formula is C17H23N5. The molecule has 0 unspecified atom stereocenters. The molecule has 1 aromatic heterocycles. The van der Waals surface area contributed by atoms with Gasteiger partial charge in [-0.25, -0.2) is 4.98 Å². The van der Waals surface area contributed by atoms with Gasteiger partial charge in [0.25, 0.3) is 0 Å². The van der Waals surface area contributed by atoms with Gasteiger partial charge in [0, 0.05) is 38.1 Å². The largest absolute Gasteiger partial charge is 0.354 e. The van der Waals surface area contributed by atoms with Gasteiger partial charge in [-0.1, -0.05) is 19.1 Å². The van der Waals surface area contributed by atoms with Gasteiger partial charge in [-0.15, -0.1) is 0 Å². The molecule has 1 N–H and O–H groups in total. The molecule has 116 valence electrons. The van der Waals surface area contributed by atoms with Crippen molar-refractivity contribution in [2.24, 2.45) is 0 Å². The van der Waals surface area contributed by atoms with Gasteiger partial charge >= 0.3 is 0 Å². The molecule has 0 aliphatic carbocycles. The first kappa shape index (κ1) is 14.8. The molecule has 2 heterocycles. The number of aryl methyl sites for hydroxylation is 1. The number of hydrogen-bond acceptors (Lipinski definition) is 5. The van der Waals surface area contributed by atoms with E-state index in [9.17, 15) is 0 Å². The van der Waals surface area contributed by atoms with Crippen LogP contribution < -0.4 is 10.2 Å². The normalized spacial score (nSPS) is 15.8. The maximum atomic E-state index is 4.66. The Morgan fingerprint density at radius 2 is 1.95 bits per heavy atom. The van der Waals surface area contributed by atoms with Crippen molar-refractivity contribution in [2.75, 3.05) is 42.9 Å². The van der Waals surface area contributed by atoms with Crippen molar-refractivity contribution in [3.8, 4) is 0 Å². The number of likely N-dealkylation sites (N-methyl/N-ethyl adjacent to an activating group) is 1. The highest BCUT2D eigenvalue weighted by molar-refractivity contribution is 5.56. The zero-order valence-corrected chi connectivity index (χ0v) is 13.3. The summed E-state index contributed by atoms with van der Waals surface area (Å²) in [7, 11) is 0. The van der Waals surface area contributed by atoms with E-state index in [0.717, 1.165) is 44.2 Å². The molecular weight excluding hydrogens is 274 g/mol. The second kappa shape index (κ2) is 6.75. The molecule has 1 aliphatic rings. The smallest absolute Gasteiger partial charge is 0.229 e. The molecule has 22 heavy (non-hydrogen) atoms. The van der Waals surface area contributed by atoms with Gasteiger partial charge in [0.15, 0.2) is 0 Å². The highest BCUT2D eigenvalue weighted by Crippen LogP contribution is 2.18. The summed E-state index contributed by atoms with van der Waals surface area (Å²) in [5.41, 5.74) is 2.24. The fourth-order valence-electron chi connectivity index (χ4n) is 2.73. The lowest BCUT2D eigenvalue weighted by molar-refractivity contribution is 0.270. The van der Waals surface area contributed by atoms with Gasteiger partial charge in [0.05, 0.1) is 0 Å². The van der Waals surface area contributed by atoms with Crippen LogP contribution >= 0.6 is 0 Å². The van der Waals surface area contributed by atoms with Gasteiger partial charge in [-0.3, -0.25) is 0 Å². The van der Waals surface area contributed by atoms with E-state index in [1.54, 1.807) is 0 Å². The summed E-state index contributed by atoms with van der Waals surface area (Å²) in [6, 6.07) is 10.2. The van der Waals surface area contributed by atoms with Crippen LogP contribution in [0.15, 0.2) is 36.5 Å². The lowest BCUT2D eigenvalue weighted by Gasteiger charge is -2.34. The highest BCUT2D eigenvalue weighted by Gasteiger charge is 2.17. The van der Waals surface area contributed by atoms with Crippen LogP contribution in [0.1, 0.15) is 12.5 Å². The minimum absolute atomic E-state index is 0.654. The van der Waals surface area contributed by atoms with E-state index in [0.29, 0.717) is 5.95 Å². The molecule has 5 heteroatoms.